The first-order chi connectivity index (χ1) is 12.5. The summed E-state index contributed by atoms with van der Waals surface area (Å²) < 4.78 is 4.11. The molecule has 0 aliphatic heterocycles. The summed E-state index contributed by atoms with van der Waals surface area (Å²) in [5.41, 5.74) is 7.43. The molecule has 1 saturated carbocycles. The van der Waals surface area contributed by atoms with Crippen molar-refractivity contribution in [3.63, 3.8) is 0 Å². The van der Waals surface area contributed by atoms with Crippen molar-refractivity contribution in [2.45, 2.75) is 82.0 Å². The Hall–Kier alpha value is -1.09. The van der Waals surface area contributed by atoms with Crippen LogP contribution in [0.15, 0.2) is 30.5 Å². The van der Waals surface area contributed by atoms with Crippen LogP contribution in [0.3, 0.4) is 0 Å². The van der Waals surface area contributed by atoms with Crippen molar-refractivity contribution in [1.29, 1.82) is 0 Å². The third kappa shape index (κ3) is 4.34. The summed E-state index contributed by atoms with van der Waals surface area (Å²) in [6, 6.07) is 9.62. The molecule has 1 nitrogen and oxygen atoms in total. The van der Waals surface area contributed by atoms with Gasteiger partial charge in [0.2, 0.25) is 0 Å². The molecule has 3 rings (SSSR count). The Bertz CT molecular complexity index is 831. The first kappa shape index (κ1) is 20.6. The molecule has 0 unspecified atom stereocenters. The summed E-state index contributed by atoms with van der Waals surface area (Å²) in [7, 11) is 2.24. The molecule has 2 aromatic rings. The quantitative estimate of drug-likeness (QED) is 0.421. The number of hydrogen-bond acceptors (Lipinski definition) is 0. The fourth-order valence-electron chi connectivity index (χ4n) is 4.57. The van der Waals surface area contributed by atoms with Crippen LogP contribution in [-0.2, 0) is 12.5 Å². The van der Waals surface area contributed by atoms with Gasteiger partial charge in [0.15, 0.2) is 0 Å². The fraction of sp³-hybridized carbons (Fsp3) is 0.560. The van der Waals surface area contributed by atoms with Crippen LogP contribution in [0, 0.1) is 6.92 Å². The van der Waals surface area contributed by atoms with E-state index >= 15 is 0 Å². The maximum atomic E-state index is 2.56. The molecule has 1 aromatic carbocycles. The summed E-state index contributed by atoms with van der Waals surface area (Å²) >= 11 is -1.95. The molecule has 27 heavy (non-hydrogen) atoms. The average Bonchev–Trinajstić information content (AvgIpc) is 3.07. The molecular formula is C25H38GeN+. The van der Waals surface area contributed by atoms with Gasteiger partial charge in [-0.25, -0.2) is 0 Å². The second kappa shape index (κ2) is 7.39. The minimum absolute atomic E-state index is 0.198. The molecule has 0 bridgehead atoms. The van der Waals surface area contributed by atoms with E-state index in [0.717, 1.165) is 5.92 Å². The molecule has 1 fully saturated rings. The van der Waals surface area contributed by atoms with Gasteiger partial charge < -0.3 is 0 Å². The van der Waals surface area contributed by atoms with Crippen molar-refractivity contribution in [2.24, 2.45) is 7.05 Å². The third-order valence-corrected chi connectivity index (χ3v) is 10.6. The Morgan fingerprint density at radius 3 is 2.15 bits per heavy atom. The second-order valence-corrected chi connectivity index (χ2v) is 21.2. The topological polar surface area (TPSA) is 3.88 Å². The predicted octanol–water partition coefficient (Wildman–Crippen LogP) is 5.99. The molecular weight excluding hydrogens is 387 g/mol. The van der Waals surface area contributed by atoms with E-state index < -0.39 is 13.3 Å². The van der Waals surface area contributed by atoms with E-state index in [0.29, 0.717) is 0 Å². The Labute approximate surface area is 169 Å². The molecule has 0 N–H and O–H groups in total. The Morgan fingerprint density at radius 2 is 1.63 bits per heavy atom. The first-order valence-electron chi connectivity index (χ1n) is 10.6. The number of pyridine rings is 1. The van der Waals surface area contributed by atoms with Crippen LogP contribution in [0.5, 0.6) is 0 Å². The first-order valence-corrected chi connectivity index (χ1v) is 18.0. The van der Waals surface area contributed by atoms with Crippen LogP contribution in [0.4, 0.5) is 0 Å². The normalized spacial score (nSPS) is 16.1. The van der Waals surface area contributed by atoms with Crippen molar-refractivity contribution in [3.05, 3.63) is 47.2 Å². The van der Waals surface area contributed by atoms with Gasteiger partial charge in [0.05, 0.1) is 0 Å². The summed E-state index contributed by atoms with van der Waals surface area (Å²) in [4.78, 5) is 0. The molecule has 1 aliphatic carbocycles. The molecule has 1 aromatic heterocycles. The van der Waals surface area contributed by atoms with E-state index in [9.17, 15) is 0 Å². The zero-order valence-corrected chi connectivity index (χ0v) is 20.8. The number of aromatic nitrogens is 1. The summed E-state index contributed by atoms with van der Waals surface area (Å²) in [5, 5.41) is 0. The van der Waals surface area contributed by atoms with Gasteiger partial charge in [0.1, 0.15) is 0 Å². The SMILES string of the molecule is Cc1cc(C(C)(C)C)ccc1-c1c[c]([Ge]([CH3])([CH3])[CH3])c(C2CCCC2)c[n+]1C. The molecule has 0 amide bonds. The number of nitrogens with zero attached hydrogens (tertiary/aromatic N) is 1. The minimum atomic E-state index is -1.95. The maximum absolute atomic E-state index is 2.56. The van der Waals surface area contributed by atoms with Crippen molar-refractivity contribution in [1.82, 2.24) is 0 Å². The zero-order valence-electron chi connectivity index (χ0n) is 18.7. The van der Waals surface area contributed by atoms with Gasteiger partial charge in [-0.15, -0.1) is 0 Å². The van der Waals surface area contributed by atoms with Gasteiger partial charge in [-0.2, -0.15) is 0 Å². The molecule has 0 saturated heterocycles. The molecule has 0 radical (unpaired) electrons. The van der Waals surface area contributed by atoms with Crippen molar-refractivity contribution < 1.29 is 4.57 Å². The molecule has 1 aliphatic rings. The van der Waals surface area contributed by atoms with Gasteiger partial charge in [0, 0.05) is 0 Å². The standard InChI is InChI=1S/C25H38GeN/c1-18-15-20(25(2,3)4)13-14-21(18)24-16-23(26(5,6)7)22(17-27(24)8)19-11-9-10-12-19/h13-17,19H,9-12H2,1-8H3/q+1. The van der Waals surface area contributed by atoms with Crippen LogP contribution in [0.1, 0.15) is 69.1 Å². The second-order valence-electron chi connectivity index (χ2n) is 10.6. The monoisotopic (exact) mass is 426 g/mol. The van der Waals surface area contributed by atoms with E-state index in [4.69, 9.17) is 0 Å². The van der Waals surface area contributed by atoms with E-state index in [1.165, 1.54) is 48.1 Å². The van der Waals surface area contributed by atoms with E-state index in [1.807, 2.05) is 0 Å². The molecule has 1 heterocycles. The van der Waals surface area contributed by atoms with Gasteiger partial charge in [-0.05, 0) is 0 Å². The Kier molecular flexibility index (Phi) is 5.65. The van der Waals surface area contributed by atoms with Crippen molar-refractivity contribution >= 4 is 17.7 Å². The number of rotatable bonds is 3. The predicted molar refractivity (Wildman–Crippen MR) is 121 cm³/mol. The van der Waals surface area contributed by atoms with E-state index in [-0.39, 0.29) is 5.41 Å². The molecule has 2 heteroatoms. The van der Waals surface area contributed by atoms with Crippen LogP contribution in [-0.4, -0.2) is 13.3 Å². The Morgan fingerprint density at radius 1 is 1.00 bits per heavy atom. The third-order valence-electron chi connectivity index (χ3n) is 6.28. The summed E-state index contributed by atoms with van der Waals surface area (Å²) in [6.45, 7) is 9.16. The van der Waals surface area contributed by atoms with Crippen molar-refractivity contribution in [2.75, 3.05) is 0 Å². The zero-order chi connectivity index (χ0) is 20.0. The van der Waals surface area contributed by atoms with Crippen molar-refractivity contribution in [3.8, 4) is 11.3 Å². The molecule has 0 spiro atoms. The molecule has 146 valence electrons. The van der Waals surface area contributed by atoms with E-state index in [2.05, 4.69) is 87.0 Å². The van der Waals surface area contributed by atoms with Gasteiger partial charge in [-0.1, -0.05) is 0 Å². The fourth-order valence-corrected chi connectivity index (χ4v) is 8.14. The van der Waals surface area contributed by atoms with Gasteiger partial charge >= 0.3 is 170 Å². The summed E-state index contributed by atoms with van der Waals surface area (Å²) in [6.07, 6.45) is 8.04. The van der Waals surface area contributed by atoms with Crippen LogP contribution in [0.25, 0.3) is 11.3 Å². The van der Waals surface area contributed by atoms with Crippen LogP contribution < -0.4 is 8.96 Å². The molecule has 0 atom stereocenters. The number of benzene rings is 1. The van der Waals surface area contributed by atoms with Crippen LogP contribution in [0.2, 0.25) is 17.3 Å². The Balaban J connectivity index is 2.14. The van der Waals surface area contributed by atoms with Crippen LogP contribution >= 0.6 is 0 Å². The average molecular weight is 425 g/mol. The summed E-state index contributed by atoms with van der Waals surface area (Å²) in [5.74, 6) is 8.43. The number of aryl methyl sites for hydroxylation is 2. The van der Waals surface area contributed by atoms with Gasteiger partial charge in [0.25, 0.3) is 0 Å². The van der Waals surface area contributed by atoms with E-state index in [1.54, 1.807) is 9.96 Å². The number of hydrogen-bond donors (Lipinski definition) is 0. The van der Waals surface area contributed by atoms with Gasteiger partial charge in [-0.3, -0.25) is 0 Å².